The monoisotopic (exact) mass is 480 g/mol. The van der Waals surface area contributed by atoms with Crippen LogP contribution in [-0.2, 0) is 28.7 Å². The molecule has 4 amide bonds. The van der Waals surface area contributed by atoms with E-state index in [1.54, 1.807) is 35.4 Å². The molecule has 1 N–H and O–H groups in total. The first kappa shape index (κ1) is 23.8. The van der Waals surface area contributed by atoms with E-state index in [1.807, 2.05) is 0 Å². The highest BCUT2D eigenvalue weighted by atomic mass is 32.2. The Kier molecular flexibility index (Phi) is 7.16. The fourth-order valence-electron chi connectivity index (χ4n) is 5.18. The zero-order chi connectivity index (χ0) is 23.7. The predicted octanol–water partition coefficient (Wildman–Crippen LogP) is -0.247. The molecule has 0 aliphatic carbocycles. The predicted molar refractivity (Wildman–Crippen MR) is 120 cm³/mol. The van der Waals surface area contributed by atoms with Gasteiger partial charge in [-0.05, 0) is 39.5 Å². The Morgan fingerprint density at radius 1 is 0.848 bits per heavy atom. The summed E-state index contributed by atoms with van der Waals surface area (Å²) in [6.45, 7) is 4.56. The van der Waals surface area contributed by atoms with Crippen LogP contribution in [0.15, 0.2) is 0 Å². The number of hydrogen-bond acceptors (Lipinski definition) is 7. The van der Waals surface area contributed by atoms with Crippen molar-refractivity contribution < 1.29 is 28.7 Å². The molecule has 4 saturated heterocycles. The molecule has 0 radical (unpaired) electrons. The number of nitrogens with zero attached hydrogens (tertiary/aromatic N) is 3. The molecule has 33 heavy (non-hydrogen) atoms. The van der Waals surface area contributed by atoms with E-state index in [4.69, 9.17) is 4.74 Å². The lowest BCUT2D eigenvalue weighted by molar-refractivity contribution is -0.160. The van der Waals surface area contributed by atoms with Crippen LogP contribution in [0.2, 0.25) is 0 Å². The molecule has 0 aromatic heterocycles. The molecule has 11 heteroatoms. The zero-order valence-electron chi connectivity index (χ0n) is 19.2. The number of esters is 1. The SMILES string of the molecule is CC1CC(=O)N2CCCC2C(=O)N2CCSCC2C(=O)NC(C)C(=O)N2CCCC2C(=O)O1. The lowest BCUT2D eigenvalue weighted by Crippen LogP contribution is -2.60. The van der Waals surface area contributed by atoms with Gasteiger partial charge in [0.15, 0.2) is 0 Å². The molecule has 0 saturated carbocycles. The van der Waals surface area contributed by atoms with Gasteiger partial charge in [0.25, 0.3) is 0 Å². The van der Waals surface area contributed by atoms with Crippen molar-refractivity contribution in [1.82, 2.24) is 20.0 Å². The molecule has 5 unspecified atom stereocenters. The van der Waals surface area contributed by atoms with Crippen molar-refractivity contribution in [3.63, 3.8) is 0 Å². The molecule has 0 aromatic rings. The normalized spacial score (nSPS) is 34.5. The van der Waals surface area contributed by atoms with Gasteiger partial charge in [-0.2, -0.15) is 11.8 Å². The maximum atomic E-state index is 13.5. The van der Waals surface area contributed by atoms with Crippen molar-refractivity contribution in [1.29, 1.82) is 0 Å². The van der Waals surface area contributed by atoms with Crippen LogP contribution in [0.5, 0.6) is 0 Å². The van der Waals surface area contributed by atoms with Gasteiger partial charge >= 0.3 is 5.97 Å². The van der Waals surface area contributed by atoms with Crippen LogP contribution in [0, 0.1) is 0 Å². The smallest absolute Gasteiger partial charge is 0.329 e. The summed E-state index contributed by atoms with van der Waals surface area (Å²) >= 11 is 1.59. The zero-order valence-corrected chi connectivity index (χ0v) is 20.0. The Morgan fingerprint density at radius 3 is 2.27 bits per heavy atom. The standard InChI is InChI=1S/C22H32N4O6S/c1-13-11-18(27)24-7-3-5-15(24)21(30)26-9-10-33-12-17(26)19(28)23-14(2)20(29)25-8-4-6-16(25)22(31)32-13/h13-17H,3-12H2,1-2H3,(H,23,28). The van der Waals surface area contributed by atoms with Gasteiger partial charge in [0.05, 0.1) is 6.42 Å². The Balaban J connectivity index is 1.63. The Hall–Kier alpha value is -2.30. The second-order valence-electron chi connectivity index (χ2n) is 9.24. The van der Waals surface area contributed by atoms with Crippen molar-refractivity contribution in [3.8, 4) is 0 Å². The molecule has 4 heterocycles. The van der Waals surface area contributed by atoms with Gasteiger partial charge in [-0.25, -0.2) is 4.79 Å². The molecule has 182 valence electrons. The number of rotatable bonds is 0. The van der Waals surface area contributed by atoms with E-state index in [1.165, 1.54) is 4.90 Å². The van der Waals surface area contributed by atoms with Gasteiger partial charge in [0, 0.05) is 31.1 Å². The van der Waals surface area contributed by atoms with Gasteiger partial charge in [-0.15, -0.1) is 0 Å². The minimum Gasteiger partial charge on any atom is -0.461 e. The molecule has 4 fully saturated rings. The summed E-state index contributed by atoms with van der Waals surface area (Å²) in [4.78, 5) is 70.1. The minimum absolute atomic E-state index is 0.0215. The van der Waals surface area contributed by atoms with Crippen molar-refractivity contribution in [2.75, 3.05) is 31.1 Å². The van der Waals surface area contributed by atoms with Crippen LogP contribution in [-0.4, -0.2) is 106 Å². The molecule has 4 aliphatic heterocycles. The molecule has 0 bridgehead atoms. The summed E-state index contributed by atoms with van der Waals surface area (Å²) in [7, 11) is 0. The molecule has 0 aromatic carbocycles. The third kappa shape index (κ3) is 4.83. The van der Waals surface area contributed by atoms with Gasteiger partial charge in [-0.1, -0.05) is 0 Å². The average Bonchev–Trinajstić information content (AvgIpc) is 3.47. The number of carbonyl (C=O) groups excluding carboxylic acids is 5. The summed E-state index contributed by atoms with van der Waals surface area (Å²) < 4.78 is 5.54. The molecular weight excluding hydrogens is 448 g/mol. The molecule has 10 nitrogen and oxygen atoms in total. The van der Waals surface area contributed by atoms with Crippen LogP contribution in [0.25, 0.3) is 0 Å². The van der Waals surface area contributed by atoms with Gasteiger partial charge in [0.1, 0.15) is 30.3 Å². The van der Waals surface area contributed by atoms with Crippen LogP contribution in [0.1, 0.15) is 46.0 Å². The lowest BCUT2D eigenvalue weighted by Gasteiger charge is -2.38. The fraction of sp³-hybridized carbons (Fsp3) is 0.773. The van der Waals surface area contributed by atoms with Crippen molar-refractivity contribution in [2.45, 2.75) is 76.2 Å². The number of nitrogens with one attached hydrogen (secondary N) is 1. The number of amides is 4. The number of carbonyl (C=O) groups is 5. The average molecular weight is 481 g/mol. The van der Waals surface area contributed by atoms with Crippen molar-refractivity contribution in [3.05, 3.63) is 0 Å². The summed E-state index contributed by atoms with van der Waals surface area (Å²) in [6, 6.07) is -2.86. The van der Waals surface area contributed by atoms with Crippen LogP contribution in [0.3, 0.4) is 0 Å². The highest BCUT2D eigenvalue weighted by Crippen LogP contribution is 2.26. The highest BCUT2D eigenvalue weighted by Gasteiger charge is 2.43. The topological polar surface area (TPSA) is 116 Å². The quantitative estimate of drug-likeness (QED) is 0.476. The Labute approximate surface area is 197 Å². The first-order chi connectivity index (χ1) is 15.8. The Bertz CT molecular complexity index is 838. The summed E-state index contributed by atoms with van der Waals surface area (Å²) in [6.07, 6.45) is 1.72. The fourth-order valence-corrected chi connectivity index (χ4v) is 6.22. The van der Waals surface area contributed by atoms with E-state index in [9.17, 15) is 24.0 Å². The largest absolute Gasteiger partial charge is 0.461 e. The van der Waals surface area contributed by atoms with Crippen LogP contribution >= 0.6 is 11.8 Å². The maximum absolute atomic E-state index is 13.5. The molecule has 4 rings (SSSR count). The summed E-state index contributed by atoms with van der Waals surface area (Å²) in [5.74, 6) is -0.568. The third-order valence-corrected chi connectivity index (χ3v) is 7.91. The summed E-state index contributed by atoms with van der Waals surface area (Å²) in [5, 5.41) is 2.77. The third-order valence-electron chi connectivity index (χ3n) is 6.89. The van der Waals surface area contributed by atoms with E-state index in [0.29, 0.717) is 56.8 Å². The molecule has 5 atom stereocenters. The van der Waals surface area contributed by atoms with Gasteiger partial charge in [-0.3, -0.25) is 19.2 Å². The summed E-state index contributed by atoms with van der Waals surface area (Å²) in [5.41, 5.74) is 0. The lowest BCUT2D eigenvalue weighted by atomic mass is 10.1. The maximum Gasteiger partial charge on any atom is 0.329 e. The Morgan fingerprint density at radius 2 is 1.52 bits per heavy atom. The number of hydrogen-bond donors (Lipinski definition) is 1. The van der Waals surface area contributed by atoms with Crippen molar-refractivity contribution >= 4 is 41.4 Å². The van der Waals surface area contributed by atoms with Crippen LogP contribution in [0.4, 0.5) is 0 Å². The molecule has 0 spiro atoms. The number of thioether (sulfide) groups is 1. The highest BCUT2D eigenvalue weighted by molar-refractivity contribution is 7.99. The molecular formula is C22H32N4O6S. The van der Waals surface area contributed by atoms with E-state index in [2.05, 4.69) is 5.32 Å². The number of fused-ring (bicyclic) bond motifs is 3. The van der Waals surface area contributed by atoms with E-state index < -0.39 is 36.2 Å². The van der Waals surface area contributed by atoms with E-state index in [0.717, 1.165) is 0 Å². The number of ether oxygens (including phenoxy) is 1. The second kappa shape index (κ2) is 9.90. The van der Waals surface area contributed by atoms with E-state index in [-0.39, 0.29) is 30.0 Å². The van der Waals surface area contributed by atoms with Gasteiger partial charge < -0.3 is 24.8 Å². The first-order valence-corrected chi connectivity index (χ1v) is 12.9. The first-order valence-electron chi connectivity index (χ1n) is 11.8. The van der Waals surface area contributed by atoms with E-state index >= 15 is 0 Å². The van der Waals surface area contributed by atoms with Crippen LogP contribution < -0.4 is 5.32 Å². The minimum atomic E-state index is -0.829. The molecule has 4 aliphatic rings. The number of cyclic esters (lactones) is 1. The van der Waals surface area contributed by atoms with Gasteiger partial charge in [0.2, 0.25) is 23.6 Å². The second-order valence-corrected chi connectivity index (χ2v) is 10.4. The van der Waals surface area contributed by atoms with Crippen molar-refractivity contribution in [2.24, 2.45) is 0 Å².